The molecule has 1 fully saturated rings. The Bertz CT molecular complexity index is 872. The largest absolute Gasteiger partial charge is 0.478 e. The second-order valence-electron chi connectivity index (χ2n) is 5.23. The monoisotopic (exact) mass is 355 g/mol. The van der Waals surface area contributed by atoms with Crippen LogP contribution in [0.5, 0.6) is 0 Å². The maximum absolute atomic E-state index is 12.7. The van der Waals surface area contributed by atoms with Crippen molar-refractivity contribution >= 4 is 51.9 Å². The Morgan fingerprint density at radius 3 is 2.46 bits per heavy atom. The van der Waals surface area contributed by atoms with Gasteiger partial charge in [-0.05, 0) is 48.4 Å². The Morgan fingerprint density at radius 2 is 1.83 bits per heavy atom. The summed E-state index contributed by atoms with van der Waals surface area (Å²) in [5, 5.41) is 8.96. The molecular weight excluding hydrogens is 342 g/mol. The first-order valence-corrected chi connectivity index (χ1v) is 8.37. The highest BCUT2D eigenvalue weighted by Gasteiger charge is 2.33. The average molecular weight is 355 g/mol. The zero-order valence-corrected chi connectivity index (χ0v) is 14.4. The van der Waals surface area contributed by atoms with Crippen LogP contribution >= 0.6 is 24.0 Å². The van der Waals surface area contributed by atoms with Gasteiger partial charge < -0.3 is 5.11 Å². The zero-order chi connectivity index (χ0) is 17.3. The van der Waals surface area contributed by atoms with E-state index in [9.17, 15) is 9.59 Å². The molecule has 0 spiro atoms. The van der Waals surface area contributed by atoms with E-state index in [1.54, 1.807) is 12.1 Å². The van der Waals surface area contributed by atoms with Crippen LogP contribution in [0.3, 0.4) is 0 Å². The van der Waals surface area contributed by atoms with Crippen LogP contribution in [0.4, 0.5) is 5.69 Å². The summed E-state index contributed by atoms with van der Waals surface area (Å²) >= 11 is 6.56. The number of aryl methyl sites for hydroxylation is 1. The molecule has 0 saturated carbocycles. The molecule has 0 bridgehead atoms. The summed E-state index contributed by atoms with van der Waals surface area (Å²) in [6, 6.07) is 13.9. The molecule has 0 aliphatic carbocycles. The standard InChI is InChI=1S/C18H13NO3S2/c1-11-4-2-3-5-13(11)10-15-16(20)19(18(23)24-15)14-8-6-12(7-9-14)17(21)22/h2-10H,1H3,(H,21,22). The zero-order valence-electron chi connectivity index (χ0n) is 12.7. The highest BCUT2D eigenvalue weighted by Crippen LogP contribution is 2.36. The van der Waals surface area contributed by atoms with Crippen molar-refractivity contribution in [3.63, 3.8) is 0 Å². The number of rotatable bonds is 3. The van der Waals surface area contributed by atoms with E-state index < -0.39 is 5.97 Å². The Labute approximate surface area is 148 Å². The summed E-state index contributed by atoms with van der Waals surface area (Å²) in [6.45, 7) is 1.98. The second-order valence-corrected chi connectivity index (χ2v) is 6.90. The number of hydrogen-bond acceptors (Lipinski definition) is 4. The molecule has 0 radical (unpaired) electrons. The van der Waals surface area contributed by atoms with E-state index >= 15 is 0 Å². The van der Waals surface area contributed by atoms with E-state index in [1.165, 1.54) is 28.8 Å². The van der Waals surface area contributed by atoms with Crippen LogP contribution in [0.2, 0.25) is 0 Å². The van der Waals surface area contributed by atoms with E-state index in [0.29, 0.717) is 14.9 Å². The van der Waals surface area contributed by atoms with Gasteiger partial charge in [0.05, 0.1) is 16.2 Å². The Morgan fingerprint density at radius 1 is 1.17 bits per heavy atom. The van der Waals surface area contributed by atoms with Crippen molar-refractivity contribution in [2.24, 2.45) is 0 Å². The van der Waals surface area contributed by atoms with Crippen LogP contribution in [0.1, 0.15) is 21.5 Å². The van der Waals surface area contributed by atoms with Gasteiger partial charge in [0.2, 0.25) is 0 Å². The third kappa shape index (κ3) is 3.11. The van der Waals surface area contributed by atoms with Crippen LogP contribution in [0.25, 0.3) is 6.08 Å². The topological polar surface area (TPSA) is 57.6 Å². The molecule has 2 aromatic carbocycles. The molecular formula is C18H13NO3S2. The normalized spacial score (nSPS) is 16.0. The Balaban J connectivity index is 1.92. The van der Waals surface area contributed by atoms with Gasteiger partial charge in [0.15, 0.2) is 4.32 Å². The molecule has 3 rings (SSSR count). The highest BCUT2D eigenvalue weighted by molar-refractivity contribution is 8.27. The molecule has 0 aromatic heterocycles. The van der Waals surface area contributed by atoms with Crippen LogP contribution in [-0.2, 0) is 4.79 Å². The van der Waals surface area contributed by atoms with Gasteiger partial charge in [-0.25, -0.2) is 4.79 Å². The predicted molar refractivity (Wildman–Crippen MR) is 100 cm³/mol. The molecule has 24 heavy (non-hydrogen) atoms. The van der Waals surface area contributed by atoms with E-state index in [0.717, 1.165) is 11.1 Å². The summed E-state index contributed by atoms with van der Waals surface area (Å²) < 4.78 is 0.433. The van der Waals surface area contributed by atoms with Crippen molar-refractivity contribution in [2.45, 2.75) is 6.92 Å². The van der Waals surface area contributed by atoms with E-state index in [2.05, 4.69) is 0 Å². The van der Waals surface area contributed by atoms with Crippen LogP contribution < -0.4 is 4.90 Å². The summed E-state index contributed by atoms with van der Waals surface area (Å²) in [5.74, 6) is -1.21. The van der Waals surface area contributed by atoms with Gasteiger partial charge in [-0.2, -0.15) is 0 Å². The van der Waals surface area contributed by atoms with Crippen LogP contribution in [0, 0.1) is 6.92 Å². The first-order valence-electron chi connectivity index (χ1n) is 7.14. The number of benzene rings is 2. The van der Waals surface area contributed by atoms with Crippen molar-refractivity contribution in [2.75, 3.05) is 4.90 Å². The number of hydrogen-bond donors (Lipinski definition) is 1. The molecule has 120 valence electrons. The number of aromatic carboxylic acids is 1. The summed E-state index contributed by atoms with van der Waals surface area (Å²) in [6.07, 6.45) is 1.83. The molecule has 1 amide bonds. The summed E-state index contributed by atoms with van der Waals surface area (Å²) in [4.78, 5) is 25.6. The Hall–Kier alpha value is -2.44. The van der Waals surface area contributed by atoms with Crippen molar-refractivity contribution in [1.82, 2.24) is 0 Å². The number of carboxylic acid groups (broad SMARTS) is 1. The SMILES string of the molecule is Cc1ccccc1C=C1SC(=S)N(c2ccc(C(=O)O)cc2)C1=O. The van der Waals surface area contributed by atoms with Gasteiger partial charge >= 0.3 is 5.97 Å². The van der Waals surface area contributed by atoms with Gasteiger partial charge in [0, 0.05) is 0 Å². The molecule has 1 heterocycles. The highest BCUT2D eigenvalue weighted by atomic mass is 32.2. The fourth-order valence-electron chi connectivity index (χ4n) is 2.33. The number of carbonyl (C=O) groups is 2. The van der Waals surface area contributed by atoms with Gasteiger partial charge in [-0.15, -0.1) is 0 Å². The van der Waals surface area contributed by atoms with Crippen LogP contribution in [-0.4, -0.2) is 21.3 Å². The van der Waals surface area contributed by atoms with Crippen molar-refractivity contribution < 1.29 is 14.7 Å². The molecule has 0 unspecified atom stereocenters. The first kappa shape index (κ1) is 16.4. The lowest BCUT2D eigenvalue weighted by Crippen LogP contribution is -2.27. The minimum Gasteiger partial charge on any atom is -0.478 e. The minimum atomic E-state index is -1.01. The minimum absolute atomic E-state index is 0.166. The van der Waals surface area contributed by atoms with Gasteiger partial charge in [0.1, 0.15) is 0 Å². The number of thioether (sulfide) groups is 1. The maximum atomic E-state index is 12.7. The third-order valence-electron chi connectivity index (χ3n) is 3.64. The molecule has 0 atom stereocenters. The lowest BCUT2D eigenvalue weighted by Gasteiger charge is -2.14. The molecule has 1 N–H and O–H groups in total. The van der Waals surface area contributed by atoms with E-state index in [1.807, 2.05) is 37.3 Å². The number of thiocarbonyl (C=S) groups is 1. The maximum Gasteiger partial charge on any atom is 0.335 e. The lowest BCUT2D eigenvalue weighted by molar-refractivity contribution is -0.113. The fourth-order valence-corrected chi connectivity index (χ4v) is 3.62. The predicted octanol–water partition coefficient (Wildman–Crippen LogP) is 4.10. The molecule has 1 saturated heterocycles. The second kappa shape index (κ2) is 6.59. The van der Waals surface area contributed by atoms with Crippen molar-refractivity contribution in [1.29, 1.82) is 0 Å². The summed E-state index contributed by atoms with van der Waals surface area (Å²) in [5.41, 5.74) is 2.78. The molecule has 1 aliphatic rings. The summed E-state index contributed by atoms with van der Waals surface area (Å²) in [7, 11) is 0. The number of anilines is 1. The molecule has 1 aliphatic heterocycles. The average Bonchev–Trinajstić information content (AvgIpc) is 2.84. The lowest BCUT2D eigenvalue weighted by atomic mass is 10.1. The Kier molecular flexibility index (Phi) is 4.51. The smallest absolute Gasteiger partial charge is 0.335 e. The molecule has 6 heteroatoms. The van der Waals surface area contributed by atoms with E-state index in [-0.39, 0.29) is 11.5 Å². The molecule has 4 nitrogen and oxygen atoms in total. The van der Waals surface area contributed by atoms with Gasteiger partial charge in [0.25, 0.3) is 5.91 Å². The number of carbonyl (C=O) groups excluding carboxylic acids is 1. The van der Waals surface area contributed by atoms with Crippen LogP contribution in [0.15, 0.2) is 53.4 Å². The number of nitrogens with zero attached hydrogens (tertiary/aromatic N) is 1. The number of carboxylic acids is 1. The van der Waals surface area contributed by atoms with Crippen molar-refractivity contribution in [3.8, 4) is 0 Å². The van der Waals surface area contributed by atoms with Crippen molar-refractivity contribution in [3.05, 3.63) is 70.1 Å². The van der Waals surface area contributed by atoms with Gasteiger partial charge in [-0.1, -0.05) is 48.2 Å². The molecule has 2 aromatic rings. The quantitative estimate of drug-likeness (QED) is 0.663. The number of amides is 1. The van der Waals surface area contributed by atoms with Gasteiger partial charge in [-0.3, -0.25) is 9.69 Å². The third-order valence-corrected chi connectivity index (χ3v) is 4.94. The fraction of sp³-hybridized carbons (Fsp3) is 0.0556. The van der Waals surface area contributed by atoms with E-state index in [4.69, 9.17) is 17.3 Å². The first-order chi connectivity index (χ1) is 11.5.